The Morgan fingerprint density at radius 1 is 0.950 bits per heavy atom. The monoisotopic (exact) mass is 350 g/mol. The average Bonchev–Trinajstić information content (AvgIpc) is 2.40. The van der Waals surface area contributed by atoms with Crippen molar-refractivity contribution >= 4 is 27.5 Å². The van der Waals surface area contributed by atoms with Gasteiger partial charge < -0.3 is 0 Å². The molecule has 0 bridgehead atoms. The molecule has 2 heteroatoms. The summed E-state index contributed by atoms with van der Waals surface area (Å²) in [6.07, 6.45) is 0. The van der Waals surface area contributed by atoms with Crippen LogP contribution in [0.4, 0.5) is 0 Å². The molecular formula is C18H20BrCl. The summed E-state index contributed by atoms with van der Waals surface area (Å²) in [5, 5.41) is -0.101. The highest BCUT2D eigenvalue weighted by molar-refractivity contribution is 9.10. The van der Waals surface area contributed by atoms with Crippen LogP contribution in [0, 0.1) is 6.92 Å². The molecule has 0 aliphatic carbocycles. The zero-order valence-corrected chi connectivity index (χ0v) is 14.7. The topological polar surface area (TPSA) is 0 Å². The second-order valence-corrected chi connectivity index (χ2v) is 7.53. The van der Waals surface area contributed by atoms with Gasteiger partial charge in [-0.15, -0.1) is 11.6 Å². The lowest BCUT2D eigenvalue weighted by molar-refractivity contribution is 0.590. The summed E-state index contributed by atoms with van der Waals surface area (Å²) in [4.78, 5) is 0. The number of hydrogen-bond donors (Lipinski definition) is 0. The second kappa shape index (κ2) is 5.91. The Morgan fingerprint density at radius 2 is 1.50 bits per heavy atom. The maximum Gasteiger partial charge on any atom is 0.0835 e. The smallest absolute Gasteiger partial charge is 0.0835 e. The van der Waals surface area contributed by atoms with Crippen LogP contribution in [0.3, 0.4) is 0 Å². The number of rotatable bonds is 2. The van der Waals surface area contributed by atoms with Crippen molar-refractivity contribution in [3.8, 4) is 0 Å². The summed E-state index contributed by atoms with van der Waals surface area (Å²) in [7, 11) is 0. The fraction of sp³-hybridized carbons (Fsp3) is 0.333. The minimum atomic E-state index is -0.101. The van der Waals surface area contributed by atoms with Crippen LogP contribution in [-0.4, -0.2) is 0 Å². The van der Waals surface area contributed by atoms with E-state index in [0.29, 0.717) is 0 Å². The standard InChI is InChI=1S/C18H20BrCl/c1-12-11-14(7-10-16(12)19)17(20)13-5-8-15(9-6-13)18(2,3)4/h5-11,17H,1-4H3. The quantitative estimate of drug-likeness (QED) is 0.550. The van der Waals surface area contributed by atoms with Gasteiger partial charge in [0.25, 0.3) is 0 Å². The predicted molar refractivity (Wildman–Crippen MR) is 91.7 cm³/mol. The molecule has 2 rings (SSSR count). The Morgan fingerprint density at radius 3 is 2.00 bits per heavy atom. The molecule has 106 valence electrons. The SMILES string of the molecule is Cc1cc(C(Cl)c2ccc(C(C)(C)C)cc2)ccc1Br. The number of benzene rings is 2. The first kappa shape index (κ1) is 15.6. The van der Waals surface area contributed by atoms with Crippen LogP contribution >= 0.6 is 27.5 Å². The van der Waals surface area contributed by atoms with E-state index < -0.39 is 0 Å². The second-order valence-electron chi connectivity index (χ2n) is 6.24. The van der Waals surface area contributed by atoms with Gasteiger partial charge in [0.05, 0.1) is 5.38 Å². The molecule has 2 aromatic carbocycles. The van der Waals surface area contributed by atoms with Crippen molar-refractivity contribution in [3.63, 3.8) is 0 Å². The molecule has 0 aliphatic rings. The zero-order valence-electron chi connectivity index (χ0n) is 12.4. The van der Waals surface area contributed by atoms with Crippen LogP contribution in [0.1, 0.15) is 48.4 Å². The van der Waals surface area contributed by atoms with Gasteiger partial charge in [-0.2, -0.15) is 0 Å². The Labute approximate surface area is 135 Å². The molecule has 0 amide bonds. The summed E-state index contributed by atoms with van der Waals surface area (Å²) < 4.78 is 1.12. The Bertz CT molecular complexity index is 594. The summed E-state index contributed by atoms with van der Waals surface area (Å²) in [6, 6.07) is 14.9. The molecular weight excluding hydrogens is 332 g/mol. The molecule has 1 unspecified atom stereocenters. The van der Waals surface area contributed by atoms with Gasteiger partial charge in [0.2, 0.25) is 0 Å². The van der Waals surface area contributed by atoms with E-state index in [1.54, 1.807) is 0 Å². The zero-order chi connectivity index (χ0) is 14.9. The molecule has 0 nitrogen and oxygen atoms in total. The van der Waals surface area contributed by atoms with E-state index in [1.807, 2.05) is 0 Å². The number of hydrogen-bond acceptors (Lipinski definition) is 0. The molecule has 0 aliphatic heterocycles. The molecule has 0 saturated heterocycles. The van der Waals surface area contributed by atoms with Gasteiger partial charge in [-0.05, 0) is 40.7 Å². The minimum absolute atomic E-state index is 0.101. The largest absolute Gasteiger partial charge is 0.113 e. The van der Waals surface area contributed by atoms with Crippen molar-refractivity contribution in [2.45, 2.75) is 38.5 Å². The van der Waals surface area contributed by atoms with E-state index in [-0.39, 0.29) is 10.8 Å². The molecule has 0 heterocycles. The molecule has 0 N–H and O–H groups in total. The molecule has 0 aromatic heterocycles. The van der Waals surface area contributed by atoms with E-state index in [4.69, 9.17) is 11.6 Å². The molecule has 0 spiro atoms. The molecule has 0 radical (unpaired) electrons. The summed E-state index contributed by atoms with van der Waals surface area (Å²) in [5.74, 6) is 0. The molecule has 20 heavy (non-hydrogen) atoms. The highest BCUT2D eigenvalue weighted by Crippen LogP contribution is 2.32. The first-order valence-electron chi connectivity index (χ1n) is 6.79. The normalized spacial score (nSPS) is 13.3. The maximum absolute atomic E-state index is 6.61. The first-order valence-corrected chi connectivity index (χ1v) is 8.02. The highest BCUT2D eigenvalue weighted by atomic mass is 79.9. The molecule has 1 atom stereocenters. The van der Waals surface area contributed by atoms with Crippen molar-refractivity contribution in [2.24, 2.45) is 0 Å². The van der Waals surface area contributed by atoms with Crippen LogP contribution in [0.2, 0.25) is 0 Å². The maximum atomic E-state index is 6.61. The Balaban J connectivity index is 2.29. The van der Waals surface area contributed by atoms with Gasteiger partial charge in [0, 0.05) is 4.47 Å². The third-order valence-corrected chi connectivity index (χ3v) is 4.94. The van der Waals surface area contributed by atoms with Crippen LogP contribution in [0.25, 0.3) is 0 Å². The van der Waals surface area contributed by atoms with Crippen molar-refractivity contribution in [1.29, 1.82) is 0 Å². The van der Waals surface area contributed by atoms with Gasteiger partial charge in [-0.3, -0.25) is 0 Å². The van der Waals surface area contributed by atoms with Gasteiger partial charge in [-0.1, -0.05) is 73.1 Å². The first-order chi connectivity index (χ1) is 9.29. The Kier molecular flexibility index (Phi) is 4.61. The van der Waals surface area contributed by atoms with Crippen LogP contribution < -0.4 is 0 Å². The summed E-state index contributed by atoms with van der Waals surface area (Å²) >= 11 is 10.1. The highest BCUT2D eigenvalue weighted by Gasteiger charge is 2.15. The van der Waals surface area contributed by atoms with Crippen molar-refractivity contribution in [2.75, 3.05) is 0 Å². The third kappa shape index (κ3) is 3.45. The number of aryl methyl sites for hydroxylation is 1. The van der Waals surface area contributed by atoms with Gasteiger partial charge in [0.1, 0.15) is 0 Å². The van der Waals surface area contributed by atoms with Gasteiger partial charge in [-0.25, -0.2) is 0 Å². The van der Waals surface area contributed by atoms with Crippen LogP contribution in [0.5, 0.6) is 0 Å². The fourth-order valence-electron chi connectivity index (χ4n) is 2.17. The molecule has 0 saturated carbocycles. The van der Waals surface area contributed by atoms with E-state index >= 15 is 0 Å². The van der Waals surface area contributed by atoms with E-state index in [2.05, 4.69) is 86.1 Å². The van der Waals surface area contributed by atoms with Crippen molar-refractivity contribution in [3.05, 3.63) is 69.2 Å². The van der Waals surface area contributed by atoms with Gasteiger partial charge in [0.15, 0.2) is 0 Å². The molecule has 2 aromatic rings. The lowest BCUT2D eigenvalue weighted by Gasteiger charge is -2.20. The number of alkyl halides is 1. The molecule has 0 fully saturated rings. The summed E-state index contributed by atoms with van der Waals surface area (Å²) in [5.41, 5.74) is 4.99. The van der Waals surface area contributed by atoms with Crippen LogP contribution in [0.15, 0.2) is 46.9 Å². The van der Waals surface area contributed by atoms with E-state index in [1.165, 1.54) is 11.1 Å². The Hall–Kier alpha value is -0.790. The van der Waals surface area contributed by atoms with Crippen molar-refractivity contribution in [1.82, 2.24) is 0 Å². The van der Waals surface area contributed by atoms with E-state index in [0.717, 1.165) is 15.6 Å². The fourth-order valence-corrected chi connectivity index (χ4v) is 2.70. The van der Waals surface area contributed by atoms with E-state index in [9.17, 15) is 0 Å². The minimum Gasteiger partial charge on any atom is -0.113 e. The summed E-state index contributed by atoms with van der Waals surface area (Å²) in [6.45, 7) is 8.74. The predicted octanol–water partition coefficient (Wildman–Crippen LogP) is 6.38. The average molecular weight is 352 g/mol. The van der Waals surface area contributed by atoms with Gasteiger partial charge >= 0.3 is 0 Å². The lowest BCUT2D eigenvalue weighted by Crippen LogP contribution is -2.10. The van der Waals surface area contributed by atoms with Crippen LogP contribution in [-0.2, 0) is 5.41 Å². The lowest BCUT2D eigenvalue weighted by atomic mass is 9.86. The van der Waals surface area contributed by atoms with Crippen molar-refractivity contribution < 1.29 is 0 Å². The number of halogens is 2. The third-order valence-electron chi connectivity index (χ3n) is 3.54.